The Morgan fingerprint density at radius 2 is 2.20 bits per heavy atom. The highest BCUT2D eigenvalue weighted by atomic mass is 19.1. The average Bonchev–Trinajstić information content (AvgIpc) is 2.52. The van der Waals surface area contributed by atoms with Crippen molar-refractivity contribution in [3.8, 4) is 0 Å². The Labute approximate surface area is 88.7 Å². The van der Waals surface area contributed by atoms with E-state index in [1.165, 1.54) is 6.07 Å². The Balaban J connectivity index is 2.36. The van der Waals surface area contributed by atoms with Gasteiger partial charge in [0.15, 0.2) is 0 Å². The van der Waals surface area contributed by atoms with E-state index in [2.05, 4.69) is 0 Å². The van der Waals surface area contributed by atoms with Gasteiger partial charge in [0.05, 0.1) is 0 Å². The maximum Gasteiger partial charge on any atom is 0.227 e. The maximum absolute atomic E-state index is 13.3. The van der Waals surface area contributed by atoms with Gasteiger partial charge in [-0.2, -0.15) is 0 Å². The van der Waals surface area contributed by atoms with Gasteiger partial charge in [0.2, 0.25) is 5.91 Å². The molecule has 1 fully saturated rings. The van der Waals surface area contributed by atoms with Gasteiger partial charge < -0.3 is 4.90 Å². The fourth-order valence-electron chi connectivity index (χ4n) is 1.96. The monoisotopic (exact) mass is 207 g/mol. The first-order valence-corrected chi connectivity index (χ1v) is 5.18. The van der Waals surface area contributed by atoms with E-state index in [1.807, 2.05) is 6.92 Å². The van der Waals surface area contributed by atoms with Crippen LogP contribution in [0.1, 0.15) is 25.3 Å². The fourth-order valence-corrected chi connectivity index (χ4v) is 1.96. The van der Waals surface area contributed by atoms with Gasteiger partial charge in [0.25, 0.3) is 0 Å². The largest absolute Gasteiger partial charge is 0.310 e. The number of benzene rings is 1. The van der Waals surface area contributed by atoms with Crippen molar-refractivity contribution < 1.29 is 9.18 Å². The molecule has 1 atom stereocenters. The number of rotatable bonds is 1. The van der Waals surface area contributed by atoms with Crippen LogP contribution in [0.5, 0.6) is 0 Å². The molecule has 1 aliphatic heterocycles. The van der Waals surface area contributed by atoms with Crippen molar-refractivity contribution in [2.75, 3.05) is 4.90 Å². The average molecular weight is 207 g/mol. The van der Waals surface area contributed by atoms with Crippen LogP contribution in [-0.4, -0.2) is 11.9 Å². The van der Waals surface area contributed by atoms with Gasteiger partial charge in [0.1, 0.15) is 5.82 Å². The quantitative estimate of drug-likeness (QED) is 0.693. The van der Waals surface area contributed by atoms with Gasteiger partial charge in [-0.1, -0.05) is 6.07 Å². The molecule has 2 nitrogen and oxygen atoms in total. The summed E-state index contributed by atoms with van der Waals surface area (Å²) in [6.45, 7) is 3.71. The van der Waals surface area contributed by atoms with E-state index in [1.54, 1.807) is 24.0 Å². The molecule has 0 spiro atoms. The second kappa shape index (κ2) is 3.65. The van der Waals surface area contributed by atoms with E-state index in [0.29, 0.717) is 17.7 Å². The molecule has 15 heavy (non-hydrogen) atoms. The van der Waals surface area contributed by atoms with Gasteiger partial charge in [-0.15, -0.1) is 0 Å². The third-order valence-electron chi connectivity index (χ3n) is 2.92. The van der Waals surface area contributed by atoms with Crippen molar-refractivity contribution in [1.29, 1.82) is 0 Å². The highest BCUT2D eigenvalue weighted by molar-refractivity contribution is 5.96. The lowest BCUT2D eigenvalue weighted by atomic mass is 10.2. The molecule has 1 aromatic carbocycles. The summed E-state index contributed by atoms with van der Waals surface area (Å²) in [4.78, 5) is 13.3. The number of nitrogens with zero attached hydrogens (tertiary/aromatic N) is 1. The number of hydrogen-bond acceptors (Lipinski definition) is 1. The Bertz CT molecular complexity index is 403. The summed E-state index contributed by atoms with van der Waals surface area (Å²) in [5.41, 5.74) is 1.28. The van der Waals surface area contributed by atoms with E-state index in [9.17, 15) is 9.18 Å². The topological polar surface area (TPSA) is 20.3 Å². The minimum Gasteiger partial charge on any atom is -0.310 e. The molecule has 1 saturated heterocycles. The van der Waals surface area contributed by atoms with Crippen molar-refractivity contribution in [3.05, 3.63) is 29.6 Å². The first kappa shape index (κ1) is 10.1. The molecular weight excluding hydrogens is 193 g/mol. The molecule has 0 bridgehead atoms. The Hall–Kier alpha value is -1.38. The van der Waals surface area contributed by atoms with E-state index >= 15 is 0 Å². The number of amides is 1. The molecule has 0 N–H and O–H groups in total. The van der Waals surface area contributed by atoms with Crippen LogP contribution in [-0.2, 0) is 4.79 Å². The molecule has 0 saturated carbocycles. The standard InChI is InChI=1S/C12H14FNO/c1-8-3-5-10(7-11(8)13)14-9(2)4-6-12(14)15/h3,5,7,9H,4,6H2,1-2H3. The number of carbonyl (C=O) groups excluding carboxylic acids is 1. The first-order chi connectivity index (χ1) is 7.09. The van der Waals surface area contributed by atoms with Gasteiger partial charge in [0, 0.05) is 18.2 Å². The van der Waals surface area contributed by atoms with Gasteiger partial charge in [-0.25, -0.2) is 4.39 Å². The molecule has 1 aromatic rings. The molecule has 0 aromatic heterocycles. The summed E-state index contributed by atoms with van der Waals surface area (Å²) in [6, 6.07) is 5.13. The van der Waals surface area contributed by atoms with Crippen molar-refractivity contribution in [3.63, 3.8) is 0 Å². The zero-order valence-electron chi connectivity index (χ0n) is 8.96. The number of hydrogen-bond donors (Lipinski definition) is 0. The highest BCUT2D eigenvalue weighted by Crippen LogP contribution is 2.27. The highest BCUT2D eigenvalue weighted by Gasteiger charge is 2.28. The van der Waals surface area contributed by atoms with Crippen LogP contribution in [0.15, 0.2) is 18.2 Å². The normalized spacial score (nSPS) is 21.1. The number of aryl methyl sites for hydroxylation is 1. The molecule has 1 aliphatic rings. The molecule has 80 valence electrons. The minimum absolute atomic E-state index is 0.0887. The molecular formula is C12H14FNO. The van der Waals surface area contributed by atoms with Crippen LogP contribution in [0.3, 0.4) is 0 Å². The van der Waals surface area contributed by atoms with Crippen LogP contribution in [0.4, 0.5) is 10.1 Å². The minimum atomic E-state index is -0.251. The van der Waals surface area contributed by atoms with Crippen molar-refractivity contribution in [1.82, 2.24) is 0 Å². The van der Waals surface area contributed by atoms with E-state index < -0.39 is 0 Å². The van der Waals surface area contributed by atoms with Gasteiger partial charge >= 0.3 is 0 Å². The van der Waals surface area contributed by atoms with Gasteiger partial charge in [-0.05, 0) is 38.0 Å². The lowest BCUT2D eigenvalue weighted by molar-refractivity contribution is -0.117. The predicted molar refractivity (Wildman–Crippen MR) is 57.3 cm³/mol. The molecule has 1 heterocycles. The maximum atomic E-state index is 13.3. The summed E-state index contributed by atoms with van der Waals surface area (Å²) in [5, 5.41) is 0. The van der Waals surface area contributed by atoms with Crippen molar-refractivity contribution >= 4 is 11.6 Å². The van der Waals surface area contributed by atoms with Crippen molar-refractivity contribution in [2.24, 2.45) is 0 Å². The SMILES string of the molecule is Cc1ccc(N2C(=O)CCC2C)cc1F. The predicted octanol–water partition coefficient (Wildman–Crippen LogP) is 2.65. The van der Waals surface area contributed by atoms with E-state index in [4.69, 9.17) is 0 Å². The summed E-state index contributed by atoms with van der Waals surface area (Å²) in [7, 11) is 0. The second-order valence-electron chi connectivity index (χ2n) is 4.08. The van der Waals surface area contributed by atoms with Gasteiger partial charge in [-0.3, -0.25) is 4.79 Å². The first-order valence-electron chi connectivity index (χ1n) is 5.18. The van der Waals surface area contributed by atoms with Crippen LogP contribution in [0.25, 0.3) is 0 Å². The summed E-state index contributed by atoms with van der Waals surface area (Å²) in [6.07, 6.45) is 1.42. The van der Waals surface area contributed by atoms with E-state index in [-0.39, 0.29) is 17.8 Å². The lowest BCUT2D eigenvalue weighted by Gasteiger charge is -2.21. The van der Waals surface area contributed by atoms with E-state index in [0.717, 1.165) is 6.42 Å². The van der Waals surface area contributed by atoms with Crippen molar-refractivity contribution in [2.45, 2.75) is 32.7 Å². The van der Waals surface area contributed by atoms with Crippen LogP contribution >= 0.6 is 0 Å². The zero-order valence-corrected chi connectivity index (χ0v) is 8.96. The molecule has 0 radical (unpaired) electrons. The zero-order chi connectivity index (χ0) is 11.0. The molecule has 3 heteroatoms. The Morgan fingerprint density at radius 1 is 1.47 bits per heavy atom. The molecule has 1 unspecified atom stereocenters. The summed E-state index contributed by atoms with van der Waals surface area (Å²) in [5.74, 6) is -0.162. The Morgan fingerprint density at radius 3 is 2.73 bits per heavy atom. The third-order valence-corrected chi connectivity index (χ3v) is 2.92. The number of carbonyl (C=O) groups is 1. The number of anilines is 1. The third kappa shape index (κ3) is 1.74. The lowest BCUT2D eigenvalue weighted by Crippen LogP contribution is -2.30. The Kier molecular flexibility index (Phi) is 2.47. The fraction of sp³-hybridized carbons (Fsp3) is 0.417. The smallest absolute Gasteiger partial charge is 0.227 e. The molecule has 2 rings (SSSR count). The van der Waals surface area contributed by atoms with Crippen LogP contribution in [0, 0.1) is 12.7 Å². The molecule has 0 aliphatic carbocycles. The summed E-state index contributed by atoms with van der Waals surface area (Å²) >= 11 is 0. The van der Waals surface area contributed by atoms with Crippen LogP contribution < -0.4 is 4.90 Å². The van der Waals surface area contributed by atoms with Crippen LogP contribution in [0.2, 0.25) is 0 Å². The second-order valence-corrected chi connectivity index (χ2v) is 4.08. The number of halogens is 1. The summed E-state index contributed by atoms with van der Waals surface area (Å²) < 4.78 is 13.3. The molecule has 1 amide bonds.